The Kier molecular flexibility index (Phi) is 7.26. The van der Waals surface area contributed by atoms with Gasteiger partial charge in [0, 0.05) is 31.5 Å². The van der Waals surface area contributed by atoms with E-state index in [4.69, 9.17) is 5.73 Å². The molecule has 2 rings (SSSR count). The lowest BCUT2D eigenvalue weighted by Gasteiger charge is -2.31. The van der Waals surface area contributed by atoms with Crippen LogP contribution in [0.1, 0.15) is 31.0 Å². The third-order valence-electron chi connectivity index (χ3n) is 3.63. The molecular weight excluding hydrogens is 363 g/mol. The minimum atomic E-state index is 0. The van der Waals surface area contributed by atoms with Gasteiger partial charge in [-0.05, 0) is 43.7 Å². The number of guanidine groups is 1. The van der Waals surface area contributed by atoms with Gasteiger partial charge in [-0.15, -0.1) is 24.0 Å². The Balaban J connectivity index is 0.00000200. The Morgan fingerprint density at radius 2 is 2.30 bits per heavy atom. The highest BCUT2D eigenvalue weighted by molar-refractivity contribution is 14.0. The fraction of sp³-hybridized carbons (Fsp3) is 0.600. The lowest BCUT2D eigenvalue weighted by molar-refractivity contribution is 0.270. The van der Waals surface area contributed by atoms with Crippen LogP contribution in [-0.2, 0) is 6.42 Å². The average Bonchev–Trinajstić information content (AvgIpc) is 2.41. The summed E-state index contributed by atoms with van der Waals surface area (Å²) in [4.78, 5) is 11.0. The van der Waals surface area contributed by atoms with Crippen molar-refractivity contribution in [2.75, 3.05) is 19.6 Å². The van der Waals surface area contributed by atoms with E-state index < -0.39 is 0 Å². The van der Waals surface area contributed by atoms with Gasteiger partial charge in [0.25, 0.3) is 0 Å². The van der Waals surface area contributed by atoms with Crippen molar-refractivity contribution in [3.05, 3.63) is 29.6 Å². The molecule has 0 bridgehead atoms. The van der Waals surface area contributed by atoms with Crippen molar-refractivity contribution in [3.63, 3.8) is 0 Å². The van der Waals surface area contributed by atoms with Gasteiger partial charge in [0.1, 0.15) is 0 Å². The molecule has 4 nitrogen and oxygen atoms in total. The maximum absolute atomic E-state index is 6.06. The SMILES string of the molecule is Cc1ccc(CCN=C(N)N2CCCC(C)C2)cn1.I. The molecule has 1 unspecified atom stereocenters. The van der Waals surface area contributed by atoms with Crippen LogP contribution in [0.4, 0.5) is 0 Å². The van der Waals surface area contributed by atoms with Gasteiger partial charge < -0.3 is 10.6 Å². The van der Waals surface area contributed by atoms with Gasteiger partial charge in [-0.3, -0.25) is 9.98 Å². The summed E-state index contributed by atoms with van der Waals surface area (Å²) in [6, 6.07) is 4.14. The number of halogens is 1. The number of piperidine rings is 1. The van der Waals surface area contributed by atoms with Gasteiger partial charge >= 0.3 is 0 Å². The number of pyridine rings is 1. The number of nitrogens with zero attached hydrogens (tertiary/aromatic N) is 3. The molecule has 1 aromatic heterocycles. The summed E-state index contributed by atoms with van der Waals surface area (Å²) < 4.78 is 0. The van der Waals surface area contributed by atoms with Gasteiger partial charge in [0.15, 0.2) is 5.96 Å². The largest absolute Gasteiger partial charge is 0.370 e. The van der Waals surface area contributed by atoms with Gasteiger partial charge in [0.05, 0.1) is 0 Å². The van der Waals surface area contributed by atoms with E-state index in [1.165, 1.54) is 18.4 Å². The molecule has 1 saturated heterocycles. The van der Waals surface area contributed by atoms with Crippen LogP contribution in [0.5, 0.6) is 0 Å². The van der Waals surface area contributed by atoms with Gasteiger partial charge in [-0.25, -0.2) is 0 Å². The van der Waals surface area contributed by atoms with Crippen LogP contribution in [0, 0.1) is 12.8 Å². The van der Waals surface area contributed by atoms with Crippen molar-refractivity contribution < 1.29 is 0 Å². The van der Waals surface area contributed by atoms with Crippen LogP contribution >= 0.6 is 24.0 Å². The molecule has 0 saturated carbocycles. The first-order valence-electron chi connectivity index (χ1n) is 7.11. The zero-order valence-corrected chi connectivity index (χ0v) is 14.7. The van der Waals surface area contributed by atoms with Crippen molar-refractivity contribution in [2.24, 2.45) is 16.6 Å². The highest BCUT2D eigenvalue weighted by Crippen LogP contribution is 2.14. The fourth-order valence-corrected chi connectivity index (χ4v) is 2.44. The summed E-state index contributed by atoms with van der Waals surface area (Å²) in [5.41, 5.74) is 8.33. The number of aliphatic imine (C=N–C) groups is 1. The van der Waals surface area contributed by atoms with Gasteiger partial charge in [-0.2, -0.15) is 0 Å². The van der Waals surface area contributed by atoms with Crippen LogP contribution < -0.4 is 5.73 Å². The van der Waals surface area contributed by atoms with Crippen LogP contribution in [0.3, 0.4) is 0 Å². The molecule has 112 valence electrons. The first kappa shape index (κ1) is 17.2. The minimum Gasteiger partial charge on any atom is -0.370 e. The highest BCUT2D eigenvalue weighted by atomic mass is 127. The molecule has 0 spiro atoms. The maximum atomic E-state index is 6.06. The predicted octanol–water partition coefficient (Wildman–Crippen LogP) is 2.60. The van der Waals surface area contributed by atoms with E-state index in [2.05, 4.69) is 27.9 Å². The summed E-state index contributed by atoms with van der Waals surface area (Å²) >= 11 is 0. The van der Waals surface area contributed by atoms with Crippen LogP contribution in [0.25, 0.3) is 0 Å². The van der Waals surface area contributed by atoms with E-state index in [0.717, 1.165) is 37.7 Å². The number of nitrogens with two attached hydrogens (primary N) is 1. The molecule has 1 aliphatic heterocycles. The summed E-state index contributed by atoms with van der Waals surface area (Å²) in [6.07, 6.45) is 5.35. The lowest BCUT2D eigenvalue weighted by atomic mass is 10.0. The maximum Gasteiger partial charge on any atom is 0.191 e. The average molecular weight is 388 g/mol. The zero-order valence-electron chi connectivity index (χ0n) is 12.4. The predicted molar refractivity (Wildman–Crippen MR) is 94.6 cm³/mol. The van der Waals surface area contributed by atoms with Gasteiger partial charge in [0.2, 0.25) is 0 Å². The number of rotatable bonds is 3. The minimum absolute atomic E-state index is 0. The fourth-order valence-electron chi connectivity index (χ4n) is 2.44. The van der Waals surface area contributed by atoms with Crippen LogP contribution in [0.15, 0.2) is 23.3 Å². The first-order chi connectivity index (χ1) is 9.15. The second kappa shape index (κ2) is 8.44. The van der Waals surface area contributed by atoms with Gasteiger partial charge in [-0.1, -0.05) is 13.0 Å². The third kappa shape index (κ3) is 5.26. The standard InChI is InChI=1S/C15H24N4.HI/c1-12-4-3-9-19(11-12)15(16)17-8-7-14-6-5-13(2)18-10-14;/h5-6,10,12H,3-4,7-9,11H2,1-2H3,(H2,16,17);1H. The lowest BCUT2D eigenvalue weighted by Crippen LogP contribution is -2.43. The molecule has 1 aromatic rings. The molecule has 1 aliphatic rings. The molecule has 1 atom stereocenters. The summed E-state index contributed by atoms with van der Waals surface area (Å²) in [7, 11) is 0. The Labute approximate surface area is 138 Å². The normalized spacial score (nSPS) is 19.6. The zero-order chi connectivity index (χ0) is 13.7. The van der Waals surface area contributed by atoms with Crippen molar-refractivity contribution in [2.45, 2.75) is 33.1 Å². The Hall–Kier alpha value is -0.850. The Morgan fingerprint density at radius 3 is 2.95 bits per heavy atom. The molecule has 20 heavy (non-hydrogen) atoms. The van der Waals surface area contributed by atoms with Crippen molar-refractivity contribution in [1.29, 1.82) is 0 Å². The second-order valence-corrected chi connectivity index (χ2v) is 5.49. The van der Waals surface area contributed by atoms with Crippen LogP contribution in [-0.4, -0.2) is 35.5 Å². The van der Waals surface area contributed by atoms with Crippen molar-refractivity contribution in [1.82, 2.24) is 9.88 Å². The second-order valence-electron chi connectivity index (χ2n) is 5.49. The molecule has 0 radical (unpaired) electrons. The van der Waals surface area contributed by atoms with Crippen molar-refractivity contribution >= 4 is 29.9 Å². The third-order valence-corrected chi connectivity index (χ3v) is 3.63. The molecular formula is C15H25IN4. The molecule has 0 amide bonds. The van der Waals surface area contributed by atoms with E-state index in [0.29, 0.717) is 5.96 Å². The number of hydrogen-bond acceptors (Lipinski definition) is 2. The Morgan fingerprint density at radius 1 is 1.50 bits per heavy atom. The van der Waals surface area contributed by atoms with E-state index in [-0.39, 0.29) is 24.0 Å². The topological polar surface area (TPSA) is 54.5 Å². The number of aromatic nitrogens is 1. The van der Waals surface area contributed by atoms with E-state index >= 15 is 0 Å². The summed E-state index contributed by atoms with van der Waals surface area (Å²) in [5.74, 6) is 1.43. The molecule has 1 fully saturated rings. The molecule has 5 heteroatoms. The van der Waals surface area contributed by atoms with E-state index in [1.807, 2.05) is 19.2 Å². The van der Waals surface area contributed by atoms with E-state index in [9.17, 15) is 0 Å². The number of aryl methyl sites for hydroxylation is 1. The van der Waals surface area contributed by atoms with Crippen molar-refractivity contribution in [3.8, 4) is 0 Å². The monoisotopic (exact) mass is 388 g/mol. The molecule has 2 N–H and O–H groups in total. The first-order valence-corrected chi connectivity index (χ1v) is 7.11. The highest BCUT2D eigenvalue weighted by Gasteiger charge is 2.17. The molecule has 0 aliphatic carbocycles. The summed E-state index contributed by atoms with van der Waals surface area (Å²) in [6.45, 7) is 7.10. The molecule has 2 heterocycles. The number of hydrogen-bond donors (Lipinski definition) is 1. The Bertz CT molecular complexity index is 430. The summed E-state index contributed by atoms with van der Waals surface area (Å²) in [5, 5.41) is 0. The van der Waals surface area contributed by atoms with Crippen LogP contribution in [0.2, 0.25) is 0 Å². The molecule has 0 aromatic carbocycles. The quantitative estimate of drug-likeness (QED) is 0.492. The number of likely N-dealkylation sites (tertiary alicyclic amines) is 1. The van der Waals surface area contributed by atoms with E-state index in [1.54, 1.807) is 0 Å². The smallest absolute Gasteiger partial charge is 0.191 e.